The van der Waals surface area contributed by atoms with Crippen LogP contribution < -0.4 is 5.73 Å². The minimum atomic E-state index is -0.263. The first-order valence-corrected chi connectivity index (χ1v) is 7.23. The number of rotatable bonds is 6. The molecule has 1 heterocycles. The first-order chi connectivity index (χ1) is 8.29. The molecule has 0 saturated carbocycles. The van der Waals surface area contributed by atoms with Gasteiger partial charge in [-0.1, -0.05) is 0 Å². The number of likely N-dealkylation sites (N-methyl/N-ethyl adjacent to an activating group) is 1. The normalized spacial score (nSPS) is 11.6. The molecule has 0 aromatic carbocycles. The van der Waals surface area contributed by atoms with Crippen molar-refractivity contribution in [3.63, 3.8) is 0 Å². The molecule has 0 aliphatic rings. The molecule has 0 fully saturated rings. The van der Waals surface area contributed by atoms with E-state index in [1.54, 1.807) is 11.3 Å². The van der Waals surface area contributed by atoms with Crippen LogP contribution >= 0.6 is 11.3 Å². The highest BCUT2D eigenvalue weighted by molar-refractivity contribution is 7.10. The molecule has 0 spiro atoms. The van der Waals surface area contributed by atoms with Crippen LogP contribution in [0.2, 0.25) is 0 Å². The predicted molar refractivity (Wildman–Crippen MR) is 77.9 cm³/mol. The van der Waals surface area contributed by atoms with Gasteiger partial charge >= 0.3 is 0 Å². The molecule has 1 rings (SSSR count). The molecule has 0 radical (unpaired) electrons. The van der Waals surface area contributed by atoms with Crippen molar-refractivity contribution in [3.8, 4) is 0 Å². The topological polar surface area (TPSA) is 46.3 Å². The Kier molecular flexibility index (Phi) is 5.35. The van der Waals surface area contributed by atoms with Crippen LogP contribution in [0.5, 0.6) is 0 Å². The van der Waals surface area contributed by atoms with Crippen LogP contribution in [0.1, 0.15) is 37.1 Å². The van der Waals surface area contributed by atoms with Crippen molar-refractivity contribution in [1.82, 2.24) is 4.90 Å². The maximum absolute atomic E-state index is 11.9. The second kappa shape index (κ2) is 6.34. The van der Waals surface area contributed by atoms with E-state index < -0.39 is 0 Å². The zero-order valence-electron chi connectivity index (χ0n) is 11.8. The molecule has 0 aliphatic heterocycles. The Labute approximate surface area is 114 Å². The molecule has 0 aliphatic carbocycles. The molecule has 3 nitrogen and oxygen atoms in total. The summed E-state index contributed by atoms with van der Waals surface area (Å²) < 4.78 is 0. The highest BCUT2D eigenvalue weighted by Gasteiger charge is 2.15. The van der Waals surface area contributed by atoms with E-state index in [0.29, 0.717) is 6.42 Å². The van der Waals surface area contributed by atoms with Gasteiger partial charge in [-0.25, -0.2) is 0 Å². The van der Waals surface area contributed by atoms with Gasteiger partial charge in [-0.05, 0) is 50.6 Å². The van der Waals surface area contributed by atoms with Gasteiger partial charge in [0.25, 0.3) is 0 Å². The first kappa shape index (κ1) is 15.2. The Balaban J connectivity index is 2.34. The number of hydrogen-bond acceptors (Lipinski definition) is 3. The lowest BCUT2D eigenvalue weighted by molar-refractivity contribution is -0.130. The third-order valence-electron chi connectivity index (χ3n) is 3.05. The maximum atomic E-state index is 11.9. The first-order valence-electron chi connectivity index (χ1n) is 6.35. The van der Waals surface area contributed by atoms with E-state index in [1.165, 1.54) is 10.4 Å². The molecule has 0 saturated heterocycles. The van der Waals surface area contributed by atoms with Crippen molar-refractivity contribution in [3.05, 3.63) is 21.9 Å². The van der Waals surface area contributed by atoms with Crippen LogP contribution in [0, 0.1) is 6.92 Å². The summed E-state index contributed by atoms with van der Waals surface area (Å²) in [6, 6.07) is 2.12. The van der Waals surface area contributed by atoms with Crippen LogP contribution in [0.4, 0.5) is 0 Å². The Morgan fingerprint density at radius 1 is 1.50 bits per heavy atom. The number of carbonyl (C=O) groups excluding carboxylic acids is 1. The van der Waals surface area contributed by atoms with Crippen LogP contribution in [-0.2, 0) is 11.2 Å². The molecule has 0 bridgehead atoms. The monoisotopic (exact) mass is 268 g/mol. The summed E-state index contributed by atoms with van der Waals surface area (Å²) in [6.45, 7) is 6.81. The second-order valence-corrected chi connectivity index (χ2v) is 6.58. The van der Waals surface area contributed by atoms with Crippen molar-refractivity contribution in [1.29, 1.82) is 0 Å². The number of nitrogens with zero attached hydrogens (tertiary/aromatic N) is 1. The second-order valence-electron chi connectivity index (χ2n) is 5.58. The van der Waals surface area contributed by atoms with E-state index in [1.807, 2.05) is 25.8 Å². The summed E-state index contributed by atoms with van der Waals surface area (Å²) in [4.78, 5) is 15.1. The summed E-state index contributed by atoms with van der Waals surface area (Å²) in [5.41, 5.74) is 6.95. The van der Waals surface area contributed by atoms with E-state index in [4.69, 9.17) is 5.73 Å². The smallest absolute Gasteiger partial charge is 0.222 e. The number of aryl methyl sites for hydroxylation is 1. The van der Waals surface area contributed by atoms with E-state index in [0.717, 1.165) is 19.4 Å². The number of thiophene rings is 1. The average Bonchev–Trinajstić information content (AvgIpc) is 2.67. The Bertz CT molecular complexity index is 393. The van der Waals surface area contributed by atoms with Crippen molar-refractivity contribution in [2.75, 3.05) is 13.6 Å². The zero-order chi connectivity index (χ0) is 13.8. The van der Waals surface area contributed by atoms with Crippen molar-refractivity contribution in [2.24, 2.45) is 5.73 Å². The number of nitrogens with two attached hydrogens (primary N) is 1. The fourth-order valence-electron chi connectivity index (χ4n) is 1.67. The van der Waals surface area contributed by atoms with Gasteiger partial charge in [0, 0.05) is 30.4 Å². The molecule has 0 unspecified atom stereocenters. The van der Waals surface area contributed by atoms with Crippen molar-refractivity contribution >= 4 is 17.2 Å². The third kappa shape index (κ3) is 5.19. The van der Waals surface area contributed by atoms with Crippen LogP contribution in [0.3, 0.4) is 0 Å². The number of amides is 1. The summed E-state index contributed by atoms with van der Waals surface area (Å²) in [5, 5.41) is 2.10. The van der Waals surface area contributed by atoms with E-state index in [2.05, 4.69) is 18.4 Å². The van der Waals surface area contributed by atoms with Crippen molar-refractivity contribution in [2.45, 2.75) is 45.6 Å². The Hall–Kier alpha value is -0.870. The lowest BCUT2D eigenvalue weighted by Crippen LogP contribution is -2.35. The van der Waals surface area contributed by atoms with Gasteiger partial charge in [0.15, 0.2) is 0 Å². The van der Waals surface area contributed by atoms with Gasteiger partial charge in [0.1, 0.15) is 0 Å². The lowest BCUT2D eigenvalue weighted by Gasteiger charge is -2.21. The molecule has 2 N–H and O–H groups in total. The molecule has 1 aromatic rings. The Morgan fingerprint density at radius 2 is 2.17 bits per heavy atom. The zero-order valence-corrected chi connectivity index (χ0v) is 12.6. The number of carbonyl (C=O) groups is 1. The third-order valence-corrected chi connectivity index (χ3v) is 4.13. The number of hydrogen-bond donors (Lipinski definition) is 1. The van der Waals surface area contributed by atoms with Gasteiger partial charge in [-0.2, -0.15) is 0 Å². The summed E-state index contributed by atoms with van der Waals surface area (Å²) in [6.07, 6.45) is 2.20. The molecule has 4 heteroatoms. The summed E-state index contributed by atoms with van der Waals surface area (Å²) in [7, 11) is 1.87. The fraction of sp³-hybridized carbons (Fsp3) is 0.643. The van der Waals surface area contributed by atoms with Gasteiger partial charge in [0.2, 0.25) is 5.91 Å². The van der Waals surface area contributed by atoms with Gasteiger partial charge in [-0.15, -0.1) is 11.3 Å². The molecule has 0 atom stereocenters. The molecule has 18 heavy (non-hydrogen) atoms. The van der Waals surface area contributed by atoms with Gasteiger partial charge in [0.05, 0.1) is 0 Å². The van der Waals surface area contributed by atoms with Gasteiger partial charge < -0.3 is 10.6 Å². The highest BCUT2D eigenvalue weighted by atomic mass is 32.1. The highest BCUT2D eigenvalue weighted by Crippen LogP contribution is 2.16. The standard InChI is InChI=1S/C14H24N2OS/c1-11-7-10-18-12(11)6-9-16(4)13(17)5-8-14(2,3)15/h7,10H,5-6,8-9,15H2,1-4H3. The fourth-order valence-corrected chi connectivity index (χ4v) is 2.57. The molecule has 1 amide bonds. The molecule has 102 valence electrons. The molecular weight excluding hydrogens is 244 g/mol. The van der Waals surface area contributed by atoms with E-state index in [9.17, 15) is 4.79 Å². The Morgan fingerprint density at radius 3 is 2.67 bits per heavy atom. The summed E-state index contributed by atoms with van der Waals surface area (Å²) in [5.74, 6) is 0.183. The van der Waals surface area contributed by atoms with Crippen LogP contribution in [-0.4, -0.2) is 29.9 Å². The van der Waals surface area contributed by atoms with Gasteiger partial charge in [-0.3, -0.25) is 4.79 Å². The summed E-state index contributed by atoms with van der Waals surface area (Å²) >= 11 is 1.76. The van der Waals surface area contributed by atoms with Crippen molar-refractivity contribution < 1.29 is 4.79 Å². The minimum absolute atomic E-state index is 0.183. The molecular formula is C14H24N2OS. The largest absolute Gasteiger partial charge is 0.345 e. The quantitative estimate of drug-likeness (QED) is 0.862. The van der Waals surface area contributed by atoms with E-state index in [-0.39, 0.29) is 11.4 Å². The van der Waals surface area contributed by atoms with Crippen LogP contribution in [0.25, 0.3) is 0 Å². The SMILES string of the molecule is Cc1ccsc1CCN(C)C(=O)CCC(C)(C)N. The average molecular weight is 268 g/mol. The van der Waals surface area contributed by atoms with Crippen LogP contribution in [0.15, 0.2) is 11.4 Å². The van der Waals surface area contributed by atoms with E-state index >= 15 is 0 Å². The lowest BCUT2D eigenvalue weighted by atomic mass is 10.00. The molecule has 1 aromatic heterocycles. The minimum Gasteiger partial charge on any atom is -0.345 e. The maximum Gasteiger partial charge on any atom is 0.222 e. The predicted octanol–water partition coefficient (Wildman–Crippen LogP) is 2.57.